The maximum absolute atomic E-state index is 12.9. The van der Waals surface area contributed by atoms with Crippen LogP contribution in [0, 0.1) is 13.8 Å². The van der Waals surface area contributed by atoms with Crippen molar-refractivity contribution in [1.29, 1.82) is 0 Å². The lowest BCUT2D eigenvalue weighted by Gasteiger charge is -2.14. The third kappa shape index (κ3) is 4.40. The first-order valence-electron chi connectivity index (χ1n) is 8.64. The molecule has 2 aromatic rings. The molecule has 1 amide bonds. The molecule has 0 spiro atoms. The first-order valence-corrected chi connectivity index (χ1v) is 9.45. The number of aryl methyl sites for hydroxylation is 2. The van der Waals surface area contributed by atoms with E-state index < -0.39 is 0 Å². The van der Waals surface area contributed by atoms with Gasteiger partial charge in [-0.1, -0.05) is 18.2 Å². The van der Waals surface area contributed by atoms with E-state index in [0.717, 1.165) is 22.4 Å². The van der Waals surface area contributed by atoms with Crippen molar-refractivity contribution in [2.75, 3.05) is 20.3 Å². The van der Waals surface area contributed by atoms with E-state index in [2.05, 4.69) is 4.99 Å². The average molecular weight is 382 g/mol. The summed E-state index contributed by atoms with van der Waals surface area (Å²) in [6, 6.07) is 13.3. The third-order valence-corrected chi connectivity index (χ3v) is 5.21. The number of ether oxygens (including phenoxy) is 1. The zero-order chi connectivity index (χ0) is 19.4. The first-order chi connectivity index (χ1) is 13.0. The molecule has 5 nitrogen and oxygen atoms in total. The number of carbonyl (C=O) groups excluding carboxylic acids is 1. The van der Waals surface area contributed by atoms with Crippen molar-refractivity contribution in [3.63, 3.8) is 0 Å². The number of amides is 1. The fourth-order valence-electron chi connectivity index (χ4n) is 2.81. The van der Waals surface area contributed by atoms with Crippen LogP contribution in [0.1, 0.15) is 16.7 Å². The Morgan fingerprint density at radius 3 is 2.48 bits per heavy atom. The zero-order valence-corrected chi connectivity index (χ0v) is 16.4. The van der Waals surface area contributed by atoms with E-state index >= 15 is 0 Å². The molecule has 1 N–H and O–H groups in total. The van der Waals surface area contributed by atoms with Crippen LogP contribution in [0.2, 0.25) is 0 Å². The number of aliphatic imine (C=N–C) groups is 1. The Morgan fingerprint density at radius 2 is 1.85 bits per heavy atom. The summed E-state index contributed by atoms with van der Waals surface area (Å²) in [5.74, 6) is 0.200. The number of phenols is 1. The van der Waals surface area contributed by atoms with Crippen LogP contribution in [0.5, 0.6) is 5.75 Å². The van der Waals surface area contributed by atoms with Crippen LogP contribution in [0.25, 0.3) is 6.08 Å². The summed E-state index contributed by atoms with van der Waals surface area (Å²) >= 11 is 1.35. The van der Waals surface area contributed by atoms with Gasteiger partial charge in [-0.3, -0.25) is 9.69 Å². The molecule has 0 bridgehead atoms. The summed E-state index contributed by atoms with van der Waals surface area (Å²) in [7, 11) is 1.61. The number of para-hydroxylation sites is 1. The molecule has 1 heterocycles. The first kappa shape index (κ1) is 19.2. The van der Waals surface area contributed by atoms with Crippen LogP contribution in [0.4, 0.5) is 5.69 Å². The number of benzene rings is 2. The highest BCUT2D eigenvalue weighted by Crippen LogP contribution is 2.35. The summed E-state index contributed by atoms with van der Waals surface area (Å²) in [5.41, 5.74) is 3.25. The molecular formula is C21H22N2O3S. The molecule has 3 rings (SSSR count). The van der Waals surface area contributed by atoms with Gasteiger partial charge in [0.05, 0.1) is 23.7 Å². The predicted octanol–water partition coefficient (Wildman–Crippen LogP) is 4.26. The van der Waals surface area contributed by atoms with Crippen molar-refractivity contribution >= 4 is 34.6 Å². The van der Waals surface area contributed by atoms with Gasteiger partial charge in [0.2, 0.25) is 0 Å². The largest absolute Gasteiger partial charge is 0.507 e. The highest BCUT2D eigenvalue weighted by molar-refractivity contribution is 8.18. The van der Waals surface area contributed by atoms with Gasteiger partial charge >= 0.3 is 0 Å². The molecule has 140 valence electrons. The molecule has 0 atom stereocenters. The Labute approximate surface area is 163 Å². The number of phenolic OH excluding ortho intramolecular Hbond substituents is 1. The minimum Gasteiger partial charge on any atom is -0.507 e. The molecule has 0 aliphatic carbocycles. The van der Waals surface area contributed by atoms with Crippen molar-refractivity contribution in [3.05, 3.63) is 64.1 Å². The van der Waals surface area contributed by atoms with E-state index in [-0.39, 0.29) is 11.7 Å². The van der Waals surface area contributed by atoms with Crippen LogP contribution in [-0.4, -0.2) is 41.3 Å². The number of nitrogens with zero attached hydrogens (tertiary/aromatic N) is 2. The lowest BCUT2D eigenvalue weighted by Crippen LogP contribution is -2.32. The van der Waals surface area contributed by atoms with Crippen molar-refractivity contribution in [1.82, 2.24) is 4.90 Å². The number of aromatic hydroxyl groups is 1. The standard InChI is InChI=1S/C21H22N2O3S/c1-14-11-16(12-15(2)19(14)24)13-18-20(25)23(9-10-26-3)21(27-18)22-17-7-5-4-6-8-17/h4-8,11-13,24H,9-10H2,1-3H3/b18-13-,22-21?. The van der Waals surface area contributed by atoms with Gasteiger partial charge in [-0.25, -0.2) is 4.99 Å². The number of rotatable bonds is 5. The second-order valence-electron chi connectivity index (χ2n) is 6.29. The third-order valence-electron chi connectivity index (χ3n) is 4.20. The van der Waals surface area contributed by atoms with E-state index in [1.54, 1.807) is 12.0 Å². The van der Waals surface area contributed by atoms with Crippen LogP contribution in [0.15, 0.2) is 52.4 Å². The summed E-state index contributed by atoms with van der Waals surface area (Å²) < 4.78 is 5.14. The molecule has 0 aromatic heterocycles. The summed E-state index contributed by atoms with van der Waals surface area (Å²) in [5, 5.41) is 10.6. The number of carbonyl (C=O) groups is 1. The Bertz CT molecular complexity index is 884. The second kappa shape index (κ2) is 8.41. The van der Waals surface area contributed by atoms with E-state index in [9.17, 15) is 9.90 Å². The van der Waals surface area contributed by atoms with Crippen molar-refractivity contribution < 1.29 is 14.6 Å². The van der Waals surface area contributed by atoms with Gasteiger partial charge in [0.1, 0.15) is 5.75 Å². The SMILES string of the molecule is COCCN1C(=O)/C(=C/c2cc(C)c(O)c(C)c2)SC1=Nc1ccccc1. The number of hydrogen-bond donors (Lipinski definition) is 1. The van der Waals surface area contributed by atoms with Crippen molar-refractivity contribution in [3.8, 4) is 5.75 Å². The van der Waals surface area contributed by atoms with Gasteiger partial charge in [0.25, 0.3) is 5.91 Å². The van der Waals surface area contributed by atoms with Crippen LogP contribution in [-0.2, 0) is 9.53 Å². The monoisotopic (exact) mass is 382 g/mol. The molecule has 6 heteroatoms. The molecule has 0 saturated carbocycles. The van der Waals surface area contributed by atoms with Gasteiger partial charge < -0.3 is 9.84 Å². The molecular weight excluding hydrogens is 360 g/mol. The van der Waals surface area contributed by atoms with E-state index in [0.29, 0.717) is 23.2 Å². The quantitative estimate of drug-likeness (QED) is 0.785. The molecule has 2 aromatic carbocycles. The summed E-state index contributed by atoms with van der Waals surface area (Å²) in [4.78, 5) is 19.8. The lowest BCUT2D eigenvalue weighted by atomic mass is 10.1. The van der Waals surface area contributed by atoms with Gasteiger partial charge in [-0.15, -0.1) is 0 Å². The normalized spacial score (nSPS) is 17.3. The highest BCUT2D eigenvalue weighted by atomic mass is 32.2. The lowest BCUT2D eigenvalue weighted by molar-refractivity contribution is -0.122. The highest BCUT2D eigenvalue weighted by Gasteiger charge is 2.33. The Balaban J connectivity index is 1.95. The second-order valence-corrected chi connectivity index (χ2v) is 7.30. The molecule has 1 saturated heterocycles. The molecule has 1 aliphatic heterocycles. The van der Waals surface area contributed by atoms with E-state index in [4.69, 9.17) is 4.74 Å². The van der Waals surface area contributed by atoms with Crippen LogP contribution in [0.3, 0.4) is 0 Å². The maximum atomic E-state index is 12.9. The topological polar surface area (TPSA) is 62.1 Å². The summed E-state index contributed by atoms with van der Waals surface area (Å²) in [6.45, 7) is 4.58. The fraction of sp³-hybridized carbons (Fsp3) is 0.238. The Hall–Kier alpha value is -2.57. The van der Waals surface area contributed by atoms with Gasteiger partial charge in [0, 0.05) is 7.11 Å². The molecule has 1 aliphatic rings. The van der Waals surface area contributed by atoms with Crippen molar-refractivity contribution in [2.45, 2.75) is 13.8 Å². The number of thioether (sulfide) groups is 1. The Kier molecular flexibility index (Phi) is 5.98. The van der Waals surface area contributed by atoms with Crippen LogP contribution >= 0.6 is 11.8 Å². The molecule has 0 radical (unpaired) electrons. The summed E-state index contributed by atoms with van der Waals surface area (Å²) in [6.07, 6.45) is 1.85. The van der Waals surface area contributed by atoms with E-state index in [1.807, 2.05) is 62.4 Å². The van der Waals surface area contributed by atoms with Crippen molar-refractivity contribution in [2.24, 2.45) is 4.99 Å². The van der Waals surface area contributed by atoms with Gasteiger partial charge in [-0.2, -0.15) is 0 Å². The van der Waals surface area contributed by atoms with Gasteiger partial charge in [0.15, 0.2) is 5.17 Å². The molecule has 0 unspecified atom stereocenters. The number of amidine groups is 1. The molecule has 27 heavy (non-hydrogen) atoms. The molecule has 1 fully saturated rings. The maximum Gasteiger partial charge on any atom is 0.266 e. The minimum atomic E-state index is -0.0879. The number of hydrogen-bond acceptors (Lipinski definition) is 5. The Morgan fingerprint density at radius 1 is 1.19 bits per heavy atom. The average Bonchev–Trinajstić information content (AvgIpc) is 2.93. The van der Waals surface area contributed by atoms with Crippen LogP contribution < -0.4 is 0 Å². The smallest absolute Gasteiger partial charge is 0.266 e. The van der Waals surface area contributed by atoms with E-state index in [1.165, 1.54) is 11.8 Å². The number of methoxy groups -OCH3 is 1. The minimum absolute atomic E-state index is 0.0879. The predicted molar refractivity (Wildman–Crippen MR) is 110 cm³/mol. The fourth-order valence-corrected chi connectivity index (χ4v) is 3.83. The van der Waals surface area contributed by atoms with Gasteiger partial charge in [-0.05, 0) is 72.6 Å². The zero-order valence-electron chi connectivity index (χ0n) is 15.6.